The number of hydrogen-bond acceptors (Lipinski definition) is 5. The summed E-state index contributed by atoms with van der Waals surface area (Å²) in [5, 5.41) is 5.12. The van der Waals surface area contributed by atoms with Crippen LogP contribution in [0.2, 0.25) is 15.1 Å². The molecule has 1 fully saturated rings. The van der Waals surface area contributed by atoms with E-state index in [0.717, 1.165) is 50.3 Å². The Morgan fingerprint density at radius 2 is 1.08 bits per heavy atom. The van der Waals surface area contributed by atoms with Gasteiger partial charge in [-0.05, 0) is 98.5 Å². The van der Waals surface area contributed by atoms with Gasteiger partial charge in [-0.1, -0.05) is 34.8 Å². The molecule has 0 atom stereocenters. The van der Waals surface area contributed by atoms with Gasteiger partial charge in [-0.3, -0.25) is 9.69 Å². The molecule has 1 aliphatic rings. The first-order chi connectivity index (χ1) is 18.9. The van der Waals surface area contributed by atoms with E-state index >= 15 is 0 Å². The van der Waals surface area contributed by atoms with E-state index in [2.05, 4.69) is 10.2 Å². The van der Waals surface area contributed by atoms with Crippen LogP contribution in [0.1, 0.15) is 25.7 Å². The lowest BCUT2D eigenvalue weighted by atomic mass is 9.90. The summed E-state index contributed by atoms with van der Waals surface area (Å²) in [6.07, 6.45) is 3.77. The van der Waals surface area contributed by atoms with Crippen molar-refractivity contribution in [3.8, 4) is 17.2 Å². The van der Waals surface area contributed by atoms with E-state index in [1.165, 1.54) is 0 Å². The maximum atomic E-state index is 12.4. The standard InChI is InChI=1S/C30H33Cl3N2O4/c31-22-1-11-27(12-2-22)37-19-17-35(18-20-38-28-13-3-23(32)4-14-28)26-9-7-25(8-10-26)34-30(36)21-39-29-15-5-24(33)6-16-29/h1-6,11-16,25-26H,7-10,17-21H2,(H,34,36)/t25-,26-. The molecule has 0 unspecified atom stereocenters. The van der Waals surface area contributed by atoms with Crippen molar-refractivity contribution in [3.63, 3.8) is 0 Å². The van der Waals surface area contributed by atoms with Crippen molar-refractivity contribution in [1.82, 2.24) is 10.2 Å². The molecule has 1 saturated carbocycles. The lowest BCUT2D eigenvalue weighted by Crippen LogP contribution is -2.47. The summed E-state index contributed by atoms with van der Waals surface area (Å²) in [5.74, 6) is 2.10. The van der Waals surface area contributed by atoms with Gasteiger partial charge in [0, 0.05) is 40.2 Å². The van der Waals surface area contributed by atoms with E-state index in [-0.39, 0.29) is 18.6 Å². The average molecular weight is 592 g/mol. The van der Waals surface area contributed by atoms with Crippen LogP contribution < -0.4 is 19.5 Å². The summed E-state index contributed by atoms with van der Waals surface area (Å²) < 4.78 is 17.5. The second-order valence-electron chi connectivity index (χ2n) is 9.46. The van der Waals surface area contributed by atoms with Gasteiger partial charge in [0.2, 0.25) is 0 Å². The fourth-order valence-electron chi connectivity index (χ4n) is 4.63. The Labute approximate surface area is 245 Å². The Hall–Kier alpha value is -2.64. The molecular formula is C30H33Cl3N2O4. The van der Waals surface area contributed by atoms with Crippen LogP contribution in [0.3, 0.4) is 0 Å². The quantitative estimate of drug-likeness (QED) is 0.234. The molecule has 0 aromatic heterocycles. The highest BCUT2D eigenvalue weighted by Crippen LogP contribution is 2.24. The molecule has 3 aromatic rings. The molecule has 1 aliphatic carbocycles. The summed E-state index contributed by atoms with van der Waals surface area (Å²) in [7, 11) is 0. The van der Waals surface area contributed by atoms with Gasteiger partial charge in [-0.15, -0.1) is 0 Å². The minimum atomic E-state index is -0.113. The van der Waals surface area contributed by atoms with Crippen LogP contribution in [0.4, 0.5) is 0 Å². The molecule has 0 heterocycles. The zero-order chi connectivity index (χ0) is 27.5. The SMILES string of the molecule is O=C(COc1ccc(Cl)cc1)N[C@H]1CC[C@H](N(CCOc2ccc(Cl)cc2)CCOc2ccc(Cl)cc2)CC1. The highest BCUT2D eigenvalue weighted by Gasteiger charge is 2.27. The number of carbonyl (C=O) groups is 1. The topological polar surface area (TPSA) is 60.0 Å². The Morgan fingerprint density at radius 1 is 0.667 bits per heavy atom. The van der Waals surface area contributed by atoms with Crippen molar-refractivity contribution in [2.24, 2.45) is 0 Å². The molecule has 9 heteroatoms. The lowest BCUT2D eigenvalue weighted by Gasteiger charge is -2.37. The first-order valence-corrected chi connectivity index (χ1v) is 14.3. The Balaban J connectivity index is 1.24. The molecule has 208 valence electrons. The largest absolute Gasteiger partial charge is 0.492 e. The van der Waals surface area contributed by atoms with Crippen LogP contribution in [0.5, 0.6) is 17.2 Å². The van der Waals surface area contributed by atoms with Crippen LogP contribution >= 0.6 is 34.8 Å². The Bertz CT molecular complexity index is 1100. The summed E-state index contributed by atoms with van der Waals surface area (Å²) >= 11 is 17.9. The maximum absolute atomic E-state index is 12.4. The normalized spacial score (nSPS) is 17.0. The van der Waals surface area contributed by atoms with E-state index in [0.29, 0.717) is 40.1 Å². The molecule has 39 heavy (non-hydrogen) atoms. The first kappa shape index (κ1) is 29.3. The van der Waals surface area contributed by atoms with Crippen LogP contribution in [-0.2, 0) is 4.79 Å². The van der Waals surface area contributed by atoms with Gasteiger partial charge in [-0.2, -0.15) is 0 Å². The van der Waals surface area contributed by atoms with Gasteiger partial charge < -0.3 is 19.5 Å². The van der Waals surface area contributed by atoms with E-state index in [9.17, 15) is 4.79 Å². The third-order valence-electron chi connectivity index (χ3n) is 6.68. The van der Waals surface area contributed by atoms with E-state index in [4.69, 9.17) is 49.0 Å². The van der Waals surface area contributed by atoms with Crippen LogP contribution in [0.25, 0.3) is 0 Å². The molecular weight excluding hydrogens is 559 g/mol. The number of carbonyl (C=O) groups excluding carboxylic acids is 1. The van der Waals surface area contributed by atoms with Gasteiger partial charge in [0.05, 0.1) is 0 Å². The monoisotopic (exact) mass is 590 g/mol. The fourth-order valence-corrected chi connectivity index (χ4v) is 5.01. The Kier molecular flexibility index (Phi) is 11.5. The molecule has 1 amide bonds. The molecule has 1 N–H and O–H groups in total. The number of ether oxygens (including phenoxy) is 3. The second kappa shape index (κ2) is 15.2. The van der Waals surface area contributed by atoms with Gasteiger partial charge >= 0.3 is 0 Å². The zero-order valence-corrected chi connectivity index (χ0v) is 23.9. The zero-order valence-electron chi connectivity index (χ0n) is 21.7. The minimum Gasteiger partial charge on any atom is -0.492 e. The number of nitrogens with zero attached hydrogens (tertiary/aromatic N) is 1. The first-order valence-electron chi connectivity index (χ1n) is 13.1. The van der Waals surface area contributed by atoms with E-state index < -0.39 is 0 Å². The highest BCUT2D eigenvalue weighted by molar-refractivity contribution is 6.31. The molecule has 0 saturated heterocycles. The predicted octanol–water partition coefficient (Wildman–Crippen LogP) is 6.91. The van der Waals surface area contributed by atoms with Crippen LogP contribution in [-0.4, -0.2) is 55.8 Å². The van der Waals surface area contributed by atoms with Gasteiger partial charge in [-0.25, -0.2) is 0 Å². The average Bonchev–Trinajstić information content (AvgIpc) is 2.94. The fraction of sp³-hybridized carbons (Fsp3) is 0.367. The second-order valence-corrected chi connectivity index (χ2v) is 10.8. The van der Waals surface area contributed by atoms with Gasteiger partial charge in [0.15, 0.2) is 6.61 Å². The third-order valence-corrected chi connectivity index (χ3v) is 7.44. The van der Waals surface area contributed by atoms with E-state index in [1.807, 2.05) is 48.5 Å². The maximum Gasteiger partial charge on any atom is 0.258 e. The third kappa shape index (κ3) is 10.1. The molecule has 0 radical (unpaired) electrons. The Morgan fingerprint density at radius 3 is 1.51 bits per heavy atom. The summed E-state index contributed by atoms with van der Waals surface area (Å²) in [6, 6.07) is 22.3. The number of benzene rings is 3. The highest BCUT2D eigenvalue weighted by atomic mass is 35.5. The summed E-state index contributed by atoms with van der Waals surface area (Å²) in [5.41, 5.74) is 0. The lowest BCUT2D eigenvalue weighted by molar-refractivity contribution is -0.124. The summed E-state index contributed by atoms with van der Waals surface area (Å²) in [6.45, 7) is 2.63. The summed E-state index contributed by atoms with van der Waals surface area (Å²) in [4.78, 5) is 14.9. The molecule has 6 nitrogen and oxygen atoms in total. The molecule has 0 bridgehead atoms. The number of halogens is 3. The van der Waals surface area contributed by atoms with Crippen molar-refractivity contribution in [3.05, 3.63) is 87.9 Å². The van der Waals surface area contributed by atoms with Crippen molar-refractivity contribution < 1.29 is 19.0 Å². The number of nitrogens with one attached hydrogen (secondary N) is 1. The number of rotatable bonds is 13. The smallest absolute Gasteiger partial charge is 0.258 e. The molecule has 4 rings (SSSR count). The minimum absolute atomic E-state index is 0.0161. The van der Waals surface area contributed by atoms with Crippen molar-refractivity contribution in [2.45, 2.75) is 37.8 Å². The predicted molar refractivity (Wildman–Crippen MR) is 157 cm³/mol. The number of amides is 1. The van der Waals surface area contributed by atoms with Crippen LogP contribution in [0, 0.1) is 0 Å². The molecule has 0 aliphatic heterocycles. The van der Waals surface area contributed by atoms with Crippen molar-refractivity contribution in [2.75, 3.05) is 32.9 Å². The van der Waals surface area contributed by atoms with E-state index in [1.54, 1.807) is 24.3 Å². The molecule has 3 aromatic carbocycles. The van der Waals surface area contributed by atoms with Crippen molar-refractivity contribution in [1.29, 1.82) is 0 Å². The molecule has 0 spiro atoms. The van der Waals surface area contributed by atoms with Crippen molar-refractivity contribution >= 4 is 40.7 Å². The van der Waals surface area contributed by atoms with Crippen LogP contribution in [0.15, 0.2) is 72.8 Å². The van der Waals surface area contributed by atoms with Gasteiger partial charge in [0.1, 0.15) is 30.5 Å². The van der Waals surface area contributed by atoms with Gasteiger partial charge in [0.25, 0.3) is 5.91 Å². The number of hydrogen-bond donors (Lipinski definition) is 1.